The maximum atomic E-state index is 5.70. The molecule has 0 bridgehead atoms. The summed E-state index contributed by atoms with van der Waals surface area (Å²) < 4.78 is 6.21. The molecule has 2 rings (SSSR count). The minimum atomic E-state index is 0.866. The predicted molar refractivity (Wildman–Crippen MR) is 48.3 cm³/mol. The Hall–Kier alpha value is -0.550. The van der Waals surface area contributed by atoms with E-state index in [1.54, 1.807) is 11.3 Å². The quantitative estimate of drug-likeness (QED) is 0.525. The fourth-order valence-electron chi connectivity index (χ4n) is 0.918. The lowest BCUT2D eigenvalue weighted by molar-refractivity contribution is 1.64. The summed E-state index contributed by atoms with van der Waals surface area (Å²) in [6, 6.07) is 0. The molecule has 0 amide bonds. The summed E-state index contributed by atoms with van der Waals surface area (Å²) >= 11 is 3.08. The van der Waals surface area contributed by atoms with Gasteiger partial charge in [0.2, 0.25) is 0 Å². The topological polar surface area (TPSA) is 50.1 Å². The molecule has 2 heterocycles. The van der Waals surface area contributed by atoms with Crippen molar-refractivity contribution in [3.8, 4) is 0 Å². The second-order valence-electron chi connectivity index (χ2n) is 2.08. The lowest BCUT2D eigenvalue weighted by Crippen LogP contribution is -1.83. The summed E-state index contributed by atoms with van der Waals surface area (Å²) in [5, 5.41) is 0.866. The lowest BCUT2D eigenvalue weighted by Gasteiger charge is -1.90. The number of nitrogens with one attached hydrogen (secondary N) is 2. The molecule has 0 aromatic carbocycles. The van der Waals surface area contributed by atoms with E-state index >= 15 is 0 Å². The molecule has 1 aromatic heterocycles. The highest BCUT2D eigenvalue weighted by Crippen LogP contribution is 2.45. The highest BCUT2D eigenvalue weighted by Gasteiger charge is 2.18. The molecule has 0 aliphatic carbocycles. The molecule has 3 nitrogen and oxygen atoms in total. The van der Waals surface area contributed by atoms with E-state index in [-0.39, 0.29) is 0 Å². The Bertz CT molecular complexity index is 244. The lowest BCUT2D eigenvalue weighted by atomic mass is 10.4. The number of hydrogen-bond donors (Lipinski definition) is 3. The Morgan fingerprint density at radius 1 is 1.30 bits per heavy atom. The summed E-state index contributed by atoms with van der Waals surface area (Å²) in [6.45, 7) is 2.06. The molecule has 1 aliphatic rings. The summed E-state index contributed by atoms with van der Waals surface area (Å²) in [5.41, 5.74) is 7.89. The van der Waals surface area contributed by atoms with Crippen LogP contribution in [0.25, 0.3) is 0 Å². The maximum Gasteiger partial charge on any atom is 0.113 e. The van der Waals surface area contributed by atoms with E-state index in [1.807, 2.05) is 0 Å². The van der Waals surface area contributed by atoms with Crippen LogP contribution in [-0.2, 0) is 0 Å². The number of fused-ring (bicyclic) bond motifs is 1. The maximum absolute atomic E-state index is 5.70. The first-order chi connectivity index (χ1) is 4.79. The molecule has 10 heavy (non-hydrogen) atoms. The van der Waals surface area contributed by atoms with Crippen molar-refractivity contribution in [1.29, 1.82) is 0 Å². The predicted octanol–water partition coefficient (Wildman–Crippen LogP) is 2.04. The molecule has 5 heteroatoms. The zero-order valence-corrected chi connectivity index (χ0v) is 7.03. The first kappa shape index (κ1) is 6.18. The minimum Gasteiger partial charge on any atom is -0.389 e. The highest BCUT2D eigenvalue weighted by molar-refractivity contribution is 8.02. The van der Waals surface area contributed by atoms with Gasteiger partial charge in [0, 0.05) is 4.88 Å². The number of nitrogen functional groups attached to an aromatic ring is 1. The van der Waals surface area contributed by atoms with Gasteiger partial charge in [0.15, 0.2) is 0 Å². The summed E-state index contributed by atoms with van der Waals surface area (Å²) in [7, 11) is 0. The molecule has 1 aromatic rings. The van der Waals surface area contributed by atoms with Crippen LogP contribution < -0.4 is 15.2 Å². The number of nitrogens with two attached hydrogens (primary N) is 1. The second-order valence-corrected chi connectivity index (χ2v) is 3.95. The Morgan fingerprint density at radius 2 is 2.00 bits per heavy atom. The molecular formula is C5H7N3S2. The van der Waals surface area contributed by atoms with Crippen molar-refractivity contribution in [1.82, 2.24) is 0 Å². The molecule has 0 unspecified atom stereocenters. The van der Waals surface area contributed by atoms with Crippen LogP contribution in [0.1, 0.15) is 4.88 Å². The van der Waals surface area contributed by atoms with E-state index in [4.69, 9.17) is 5.73 Å². The van der Waals surface area contributed by atoms with E-state index in [9.17, 15) is 0 Å². The van der Waals surface area contributed by atoms with Crippen LogP contribution in [-0.4, -0.2) is 0 Å². The van der Waals surface area contributed by atoms with E-state index in [1.165, 1.54) is 17.0 Å². The average Bonchev–Trinajstić information content (AvgIpc) is 2.39. The van der Waals surface area contributed by atoms with Gasteiger partial charge in [-0.2, -0.15) is 0 Å². The van der Waals surface area contributed by atoms with Crippen molar-refractivity contribution in [3.63, 3.8) is 0 Å². The molecule has 0 saturated heterocycles. The Morgan fingerprint density at radius 3 is 2.70 bits per heavy atom. The molecule has 0 fully saturated rings. The summed E-state index contributed by atoms with van der Waals surface area (Å²) in [6.07, 6.45) is 0. The number of anilines is 3. The van der Waals surface area contributed by atoms with Gasteiger partial charge in [0.25, 0.3) is 0 Å². The molecular weight excluding hydrogens is 166 g/mol. The van der Waals surface area contributed by atoms with Gasteiger partial charge in [0.05, 0.1) is 17.8 Å². The molecule has 0 atom stereocenters. The highest BCUT2D eigenvalue weighted by atomic mass is 32.2. The zero-order chi connectivity index (χ0) is 7.14. The van der Waals surface area contributed by atoms with Gasteiger partial charge < -0.3 is 15.2 Å². The van der Waals surface area contributed by atoms with E-state index in [0.29, 0.717) is 0 Å². The Balaban J connectivity index is 2.61. The molecule has 1 aliphatic heterocycles. The molecule has 4 N–H and O–H groups in total. The number of hydrogen-bond acceptors (Lipinski definition) is 5. The van der Waals surface area contributed by atoms with E-state index in [0.717, 1.165) is 16.4 Å². The van der Waals surface area contributed by atoms with E-state index in [2.05, 4.69) is 16.4 Å². The van der Waals surface area contributed by atoms with Gasteiger partial charge in [-0.05, 0) is 6.92 Å². The minimum absolute atomic E-state index is 0.866. The fraction of sp³-hybridized carbons (Fsp3) is 0.200. The third-order valence-electron chi connectivity index (χ3n) is 1.42. The molecule has 0 radical (unpaired) electrons. The van der Waals surface area contributed by atoms with Crippen LogP contribution in [0.15, 0.2) is 0 Å². The largest absolute Gasteiger partial charge is 0.389 e. The molecule has 0 spiro atoms. The van der Waals surface area contributed by atoms with Crippen molar-refractivity contribution in [2.24, 2.45) is 0 Å². The van der Waals surface area contributed by atoms with Crippen LogP contribution in [0.4, 0.5) is 16.4 Å². The van der Waals surface area contributed by atoms with Crippen LogP contribution in [0.5, 0.6) is 0 Å². The SMILES string of the molecule is Cc1sc(N)c2c1NSN2. The average molecular weight is 173 g/mol. The third kappa shape index (κ3) is 0.674. The Labute approximate surface area is 67.3 Å². The number of aryl methyl sites for hydroxylation is 1. The van der Waals surface area contributed by atoms with Gasteiger partial charge >= 0.3 is 0 Å². The van der Waals surface area contributed by atoms with Crippen LogP contribution in [0.3, 0.4) is 0 Å². The van der Waals surface area contributed by atoms with E-state index < -0.39 is 0 Å². The van der Waals surface area contributed by atoms with Gasteiger partial charge in [0.1, 0.15) is 10.7 Å². The second kappa shape index (κ2) is 1.96. The van der Waals surface area contributed by atoms with Crippen molar-refractivity contribution >= 4 is 39.8 Å². The zero-order valence-electron chi connectivity index (χ0n) is 5.39. The van der Waals surface area contributed by atoms with Crippen LogP contribution in [0.2, 0.25) is 0 Å². The third-order valence-corrected chi connectivity index (χ3v) is 2.96. The smallest absolute Gasteiger partial charge is 0.113 e. The first-order valence-electron chi connectivity index (χ1n) is 2.86. The number of thiophene rings is 1. The van der Waals surface area contributed by atoms with Crippen molar-refractivity contribution < 1.29 is 0 Å². The van der Waals surface area contributed by atoms with Crippen molar-refractivity contribution in [2.75, 3.05) is 15.2 Å². The first-order valence-corrected chi connectivity index (χ1v) is 4.49. The summed E-state index contributed by atoms with van der Waals surface area (Å²) in [5.74, 6) is 0. The van der Waals surface area contributed by atoms with Crippen LogP contribution in [0, 0.1) is 6.92 Å². The fourth-order valence-corrected chi connectivity index (χ4v) is 2.61. The molecule has 54 valence electrons. The Kier molecular flexibility index (Phi) is 1.21. The number of rotatable bonds is 0. The van der Waals surface area contributed by atoms with Gasteiger partial charge in [-0.1, -0.05) is 0 Å². The monoisotopic (exact) mass is 173 g/mol. The van der Waals surface area contributed by atoms with Gasteiger partial charge in [-0.3, -0.25) is 0 Å². The standard InChI is InChI=1S/C5H7N3S2/c1-2-3-4(5(6)9-2)8-10-7-3/h7-8H,6H2,1H3. The normalized spacial score (nSPS) is 14.1. The van der Waals surface area contributed by atoms with Crippen molar-refractivity contribution in [3.05, 3.63) is 4.88 Å². The van der Waals surface area contributed by atoms with Gasteiger partial charge in [-0.25, -0.2) is 0 Å². The van der Waals surface area contributed by atoms with Crippen molar-refractivity contribution in [2.45, 2.75) is 6.92 Å². The molecule has 0 saturated carbocycles. The van der Waals surface area contributed by atoms with Gasteiger partial charge in [-0.15, -0.1) is 11.3 Å². The van der Waals surface area contributed by atoms with Crippen LogP contribution >= 0.6 is 23.5 Å². The summed E-state index contributed by atoms with van der Waals surface area (Å²) in [4.78, 5) is 1.24.